The number of pyridine rings is 1. The number of ether oxygens (including phenoxy) is 1. The number of halogens is 5. The molecule has 54 heavy (non-hydrogen) atoms. The first kappa shape index (κ1) is 37.4. The van der Waals surface area contributed by atoms with Gasteiger partial charge in [0.25, 0.3) is 5.56 Å². The predicted molar refractivity (Wildman–Crippen MR) is 200 cm³/mol. The van der Waals surface area contributed by atoms with Crippen molar-refractivity contribution in [3.05, 3.63) is 111 Å². The number of carbonyl (C=O) groups excluding carboxylic acids is 2. The number of aromatic nitrogens is 2. The minimum Gasteiger partial charge on any atom is -0.405 e. The molecule has 0 radical (unpaired) electrons. The Morgan fingerprint density at radius 3 is 1.87 bits per heavy atom. The molecule has 280 valence electrons. The zero-order valence-corrected chi connectivity index (χ0v) is 30.2. The lowest BCUT2D eigenvalue weighted by atomic mass is 9.95. The number of rotatable bonds is 12. The third kappa shape index (κ3) is 8.39. The third-order valence-corrected chi connectivity index (χ3v) is 10.4. The summed E-state index contributed by atoms with van der Waals surface area (Å²) in [5, 5.41) is 12.7. The number of fused-ring (bicyclic) bond motifs is 1. The molecule has 2 aromatic heterocycles. The molecule has 2 saturated heterocycles. The fraction of sp³-hybridized carbons (Fsp3) is 0.282. The molecule has 0 unspecified atom stereocenters. The molecule has 2 atom stereocenters. The molecule has 0 bridgehead atoms. The van der Waals surface area contributed by atoms with E-state index in [-0.39, 0.29) is 46.8 Å². The highest BCUT2D eigenvalue weighted by atomic mass is 35.5. The van der Waals surface area contributed by atoms with Crippen LogP contribution in [0.4, 0.5) is 13.2 Å². The summed E-state index contributed by atoms with van der Waals surface area (Å²) in [7, 11) is 0. The summed E-state index contributed by atoms with van der Waals surface area (Å²) in [6.45, 7) is 1.35. The summed E-state index contributed by atoms with van der Waals surface area (Å²) in [6.07, 6.45) is 0.597. The third-order valence-electron chi connectivity index (χ3n) is 9.57. The summed E-state index contributed by atoms with van der Waals surface area (Å²) >= 11 is 14.0. The van der Waals surface area contributed by atoms with Gasteiger partial charge in [-0.15, -0.1) is 13.2 Å². The molecule has 2 amide bonds. The Hall–Kier alpha value is -4.95. The number of nitrogens with zero attached hydrogens (tertiary/aromatic N) is 2. The van der Waals surface area contributed by atoms with Crippen molar-refractivity contribution in [1.29, 1.82) is 0 Å². The van der Waals surface area contributed by atoms with E-state index in [1.807, 2.05) is 12.1 Å². The lowest BCUT2D eigenvalue weighted by molar-refractivity contribution is -0.274. The molecule has 2 aliphatic rings. The maximum Gasteiger partial charge on any atom is 0.573 e. The monoisotopic (exact) mass is 778 g/mol. The van der Waals surface area contributed by atoms with E-state index in [1.54, 1.807) is 54.7 Å². The topological polar surface area (TPSA) is 126 Å². The van der Waals surface area contributed by atoms with Crippen LogP contribution in [0, 0.1) is 0 Å². The van der Waals surface area contributed by atoms with Gasteiger partial charge >= 0.3 is 6.36 Å². The van der Waals surface area contributed by atoms with E-state index < -0.39 is 6.36 Å². The Morgan fingerprint density at radius 2 is 1.31 bits per heavy atom. The van der Waals surface area contributed by atoms with Crippen molar-refractivity contribution in [2.75, 3.05) is 13.1 Å². The Bertz CT molecular complexity index is 2300. The van der Waals surface area contributed by atoms with Gasteiger partial charge in [-0.3, -0.25) is 18.8 Å². The van der Waals surface area contributed by atoms with Gasteiger partial charge in [0.05, 0.1) is 10.0 Å². The fourth-order valence-electron chi connectivity index (χ4n) is 6.84. The van der Waals surface area contributed by atoms with Gasteiger partial charge in [0.1, 0.15) is 11.4 Å². The van der Waals surface area contributed by atoms with Gasteiger partial charge in [-0.2, -0.15) is 0 Å². The second kappa shape index (κ2) is 15.8. The molecular formula is C39H35Cl2F3N6O4. The van der Waals surface area contributed by atoms with Gasteiger partial charge in [-0.25, -0.2) is 4.98 Å². The van der Waals surface area contributed by atoms with Crippen molar-refractivity contribution in [1.82, 2.24) is 30.7 Å². The number of amides is 2. The predicted octanol–water partition coefficient (Wildman–Crippen LogP) is 6.64. The largest absolute Gasteiger partial charge is 0.573 e. The van der Waals surface area contributed by atoms with Crippen molar-refractivity contribution in [3.8, 4) is 39.1 Å². The number of alkyl halides is 3. The van der Waals surface area contributed by atoms with Gasteiger partial charge in [0.15, 0.2) is 0 Å². The number of hydrogen-bond donors (Lipinski definition) is 4. The van der Waals surface area contributed by atoms with Crippen molar-refractivity contribution in [2.24, 2.45) is 0 Å². The summed E-state index contributed by atoms with van der Waals surface area (Å²) < 4.78 is 46.4. The van der Waals surface area contributed by atoms with Gasteiger partial charge in [-0.1, -0.05) is 71.7 Å². The molecule has 10 nitrogen and oxygen atoms in total. The van der Waals surface area contributed by atoms with Gasteiger partial charge < -0.3 is 26.0 Å². The fourth-order valence-corrected chi connectivity index (χ4v) is 7.51. The highest BCUT2D eigenvalue weighted by Gasteiger charge is 2.32. The van der Waals surface area contributed by atoms with Crippen LogP contribution in [0.3, 0.4) is 0 Å². The van der Waals surface area contributed by atoms with E-state index in [9.17, 15) is 27.6 Å². The standard InChI is InChI=1S/C39H35Cl2F3N6O4/c40-36-28(22-7-8-24(32(15-22)54-39(42,43)44)17-45-20-26-9-11-34(51)48-26)3-1-5-30(36)31-6-2-4-29(37(31)41)23-13-14-50-33(16-23)47-19-25(38(50)53)18-46-21-27-10-12-35(52)49-27/h1-8,13-16,19,26-27,45-46H,9-12,17-18,20-21H2,(H,48,51)(H,49,52)/t26-,27-/m0/s1. The minimum atomic E-state index is -4.92. The number of benzene rings is 3. The van der Waals surface area contributed by atoms with Gasteiger partial charge in [-0.05, 0) is 42.2 Å². The quantitative estimate of drug-likeness (QED) is 0.112. The van der Waals surface area contributed by atoms with E-state index >= 15 is 0 Å². The Balaban J connectivity index is 1.13. The van der Waals surface area contributed by atoms with Crippen LogP contribution in [0.25, 0.3) is 39.0 Å². The van der Waals surface area contributed by atoms with Crippen molar-refractivity contribution >= 4 is 40.7 Å². The van der Waals surface area contributed by atoms with Crippen molar-refractivity contribution in [2.45, 2.75) is 57.2 Å². The zero-order valence-electron chi connectivity index (χ0n) is 28.7. The average molecular weight is 780 g/mol. The molecule has 15 heteroatoms. The summed E-state index contributed by atoms with van der Waals surface area (Å²) in [5.41, 5.74) is 4.39. The summed E-state index contributed by atoms with van der Waals surface area (Å²) in [6, 6.07) is 18.7. The van der Waals surface area contributed by atoms with Crippen LogP contribution in [0.15, 0.2) is 83.9 Å². The maximum absolute atomic E-state index is 13.5. The molecule has 2 fully saturated rings. The number of nitrogens with one attached hydrogen (secondary N) is 4. The molecular weight excluding hydrogens is 744 g/mol. The SMILES string of the molecule is O=C1CC[C@@H](CNCc2ccc(-c3cccc(-c4cccc(-c5ccn6c(=O)c(CNC[C@@H]7CCC(=O)N7)cnc6c5)c4Cl)c3Cl)cc2OC(F)(F)F)N1. The van der Waals surface area contributed by atoms with Crippen LogP contribution in [-0.2, 0) is 22.7 Å². The van der Waals surface area contributed by atoms with Crippen molar-refractivity contribution in [3.63, 3.8) is 0 Å². The Kier molecular flexibility index (Phi) is 10.9. The summed E-state index contributed by atoms with van der Waals surface area (Å²) in [5.74, 6) is -0.379. The molecule has 3 aromatic carbocycles. The van der Waals surface area contributed by atoms with Crippen LogP contribution in [0.5, 0.6) is 5.75 Å². The van der Waals surface area contributed by atoms with Crippen LogP contribution in [-0.4, -0.2) is 52.7 Å². The first-order valence-corrected chi connectivity index (χ1v) is 18.2. The van der Waals surface area contributed by atoms with Crippen molar-refractivity contribution < 1.29 is 27.5 Å². The first-order valence-electron chi connectivity index (χ1n) is 17.4. The molecule has 4 N–H and O–H groups in total. The number of hydrogen-bond acceptors (Lipinski definition) is 7. The van der Waals surface area contributed by atoms with E-state index in [0.717, 1.165) is 6.42 Å². The second-order valence-corrected chi connectivity index (χ2v) is 14.1. The van der Waals surface area contributed by atoms with E-state index in [4.69, 9.17) is 23.2 Å². The maximum atomic E-state index is 13.5. The van der Waals surface area contributed by atoms with Gasteiger partial charge in [0.2, 0.25) is 11.8 Å². The normalized spacial score (nSPS) is 17.2. The average Bonchev–Trinajstić information content (AvgIpc) is 3.76. The van der Waals surface area contributed by atoms with Crippen LogP contribution >= 0.6 is 23.2 Å². The molecule has 5 aromatic rings. The van der Waals surface area contributed by atoms with E-state index in [0.29, 0.717) is 94.1 Å². The van der Waals surface area contributed by atoms with E-state index in [2.05, 4.69) is 31.0 Å². The highest BCUT2D eigenvalue weighted by molar-refractivity contribution is 6.39. The van der Waals surface area contributed by atoms with Gasteiger partial charge in [0, 0.05) is 96.9 Å². The Labute approximate surface area is 318 Å². The molecule has 0 saturated carbocycles. The Morgan fingerprint density at radius 1 is 0.759 bits per heavy atom. The molecule has 0 aliphatic carbocycles. The molecule has 0 spiro atoms. The lowest BCUT2D eigenvalue weighted by Gasteiger charge is -2.18. The first-order chi connectivity index (χ1) is 25.9. The smallest absolute Gasteiger partial charge is 0.405 e. The highest BCUT2D eigenvalue weighted by Crippen LogP contribution is 2.43. The molecule has 2 aliphatic heterocycles. The molecule has 4 heterocycles. The van der Waals surface area contributed by atoms with Crippen LogP contribution < -0.4 is 31.6 Å². The summed E-state index contributed by atoms with van der Waals surface area (Å²) in [4.78, 5) is 40.8. The minimum absolute atomic E-state index is 0.0316. The molecule has 7 rings (SSSR count). The lowest BCUT2D eigenvalue weighted by Crippen LogP contribution is -2.36. The van der Waals surface area contributed by atoms with E-state index in [1.165, 1.54) is 16.7 Å². The second-order valence-electron chi connectivity index (χ2n) is 13.3. The number of carbonyl (C=O) groups is 2. The zero-order chi connectivity index (χ0) is 38.0. The van der Waals surface area contributed by atoms with Crippen LogP contribution in [0.2, 0.25) is 10.0 Å². The van der Waals surface area contributed by atoms with Crippen LogP contribution in [0.1, 0.15) is 36.8 Å².